The van der Waals surface area contributed by atoms with Crippen LogP contribution in [0.25, 0.3) is 0 Å². The molecule has 2 unspecified atom stereocenters. The number of nitrogens with one attached hydrogen (secondary N) is 1. The summed E-state index contributed by atoms with van der Waals surface area (Å²) in [4.78, 5) is 11.2. The maximum Gasteiger partial charge on any atom is 0.322 e. The third kappa shape index (κ3) is 3.63. The summed E-state index contributed by atoms with van der Waals surface area (Å²) in [7, 11) is -3.87. The molecule has 0 radical (unpaired) electrons. The van der Waals surface area contributed by atoms with Gasteiger partial charge in [-0.15, -0.1) is 0 Å². The Morgan fingerprint density at radius 1 is 1.48 bits per heavy atom. The molecule has 2 atom stereocenters. The number of carboxylic acid groups (broad SMARTS) is 1. The Morgan fingerprint density at radius 2 is 2.19 bits per heavy atom. The molecule has 0 aliphatic carbocycles. The van der Waals surface area contributed by atoms with Gasteiger partial charge >= 0.3 is 5.97 Å². The van der Waals surface area contributed by atoms with E-state index in [1.165, 1.54) is 0 Å². The van der Waals surface area contributed by atoms with E-state index in [-0.39, 0.29) is 6.54 Å². The van der Waals surface area contributed by atoms with Crippen LogP contribution in [0.1, 0.15) is 43.7 Å². The van der Waals surface area contributed by atoms with E-state index in [9.17, 15) is 18.3 Å². The molecule has 2 N–H and O–H groups in total. The van der Waals surface area contributed by atoms with Crippen molar-refractivity contribution in [1.29, 1.82) is 0 Å². The van der Waals surface area contributed by atoms with Crippen molar-refractivity contribution in [2.75, 3.05) is 6.54 Å². The molecule has 1 saturated heterocycles. The quantitative estimate of drug-likeness (QED) is 0.856. The summed E-state index contributed by atoms with van der Waals surface area (Å²) in [5.74, 6) is 0.0824. The van der Waals surface area contributed by atoms with E-state index in [4.69, 9.17) is 4.42 Å². The number of hydrogen-bond donors (Lipinski definition) is 2. The lowest BCUT2D eigenvalue weighted by Crippen LogP contribution is -2.52. The lowest BCUT2D eigenvalue weighted by atomic mass is 10.1. The summed E-state index contributed by atoms with van der Waals surface area (Å²) in [5.41, 5.74) is 0. The molecule has 1 aromatic rings. The highest BCUT2D eigenvalue weighted by Gasteiger charge is 2.37. The minimum atomic E-state index is -3.87. The van der Waals surface area contributed by atoms with Crippen LogP contribution in [0.4, 0.5) is 0 Å². The number of aryl methyl sites for hydroxylation is 1. The fraction of sp³-hybridized carbons (Fsp3) is 0.615. The summed E-state index contributed by atoms with van der Waals surface area (Å²) in [6, 6.07) is 1.90. The zero-order chi connectivity index (χ0) is 15.6. The van der Waals surface area contributed by atoms with Crippen LogP contribution in [-0.2, 0) is 15.0 Å². The number of hydrogen-bond acceptors (Lipinski definition) is 4. The van der Waals surface area contributed by atoms with Crippen molar-refractivity contribution in [3.63, 3.8) is 0 Å². The molecule has 2 rings (SSSR count). The predicted molar refractivity (Wildman–Crippen MR) is 75.9 cm³/mol. The molecule has 118 valence electrons. The topological polar surface area (TPSA) is 99.9 Å². The molecular formula is C13H20N2O5S. The highest BCUT2D eigenvalue weighted by Crippen LogP contribution is 2.23. The third-order valence-electron chi connectivity index (χ3n) is 3.56. The number of nitrogens with zero attached hydrogens (tertiary/aromatic N) is 1. The molecule has 7 nitrogen and oxygen atoms in total. The van der Waals surface area contributed by atoms with E-state index in [0.717, 1.165) is 10.7 Å². The van der Waals surface area contributed by atoms with Gasteiger partial charge in [0.05, 0.1) is 6.04 Å². The number of rotatable bonds is 5. The number of carboxylic acids is 1. The van der Waals surface area contributed by atoms with Crippen LogP contribution in [0.15, 0.2) is 16.5 Å². The molecule has 0 spiro atoms. The summed E-state index contributed by atoms with van der Waals surface area (Å²) >= 11 is 0. The maximum absolute atomic E-state index is 12.4. The Balaban J connectivity index is 2.14. The molecular weight excluding hydrogens is 296 g/mol. The number of carbonyl (C=O) groups is 1. The van der Waals surface area contributed by atoms with Gasteiger partial charge in [-0.2, -0.15) is 17.4 Å². The molecule has 1 aliphatic rings. The van der Waals surface area contributed by atoms with Gasteiger partial charge in [-0.05, 0) is 45.2 Å². The highest BCUT2D eigenvalue weighted by molar-refractivity contribution is 7.87. The van der Waals surface area contributed by atoms with E-state index in [1.807, 2.05) is 0 Å². The maximum atomic E-state index is 12.4. The van der Waals surface area contributed by atoms with Crippen molar-refractivity contribution in [1.82, 2.24) is 9.03 Å². The Bertz CT molecular complexity index is 610. The van der Waals surface area contributed by atoms with Crippen molar-refractivity contribution < 1.29 is 22.7 Å². The van der Waals surface area contributed by atoms with Crippen LogP contribution < -0.4 is 4.72 Å². The Hall–Kier alpha value is -1.38. The van der Waals surface area contributed by atoms with Gasteiger partial charge in [-0.3, -0.25) is 4.79 Å². The molecule has 0 aromatic carbocycles. The normalized spacial score (nSPS) is 22.1. The van der Waals surface area contributed by atoms with E-state index >= 15 is 0 Å². The molecule has 1 aliphatic heterocycles. The van der Waals surface area contributed by atoms with E-state index in [2.05, 4.69) is 4.72 Å². The minimum Gasteiger partial charge on any atom is -0.480 e. The first-order valence-corrected chi connectivity index (χ1v) is 8.33. The van der Waals surface area contributed by atoms with Crippen LogP contribution in [-0.4, -0.2) is 36.4 Å². The minimum absolute atomic E-state index is 0.218. The van der Waals surface area contributed by atoms with Gasteiger partial charge < -0.3 is 9.52 Å². The van der Waals surface area contributed by atoms with Crippen molar-refractivity contribution in [2.45, 2.75) is 45.2 Å². The monoisotopic (exact) mass is 316 g/mol. The average molecular weight is 316 g/mol. The van der Waals surface area contributed by atoms with Crippen LogP contribution in [0, 0.1) is 6.92 Å². The van der Waals surface area contributed by atoms with Gasteiger partial charge in [0.25, 0.3) is 10.2 Å². The standard InChI is InChI=1S/C13H20N2O5S/c1-9-6-7-12(20-9)10(2)14-21(18,19)15-8-4-3-5-11(15)13(16)17/h6-7,10-11,14H,3-5,8H2,1-2H3,(H,16,17). The molecule has 2 heterocycles. The zero-order valence-electron chi connectivity index (χ0n) is 12.1. The van der Waals surface area contributed by atoms with Crippen LogP contribution in [0.2, 0.25) is 0 Å². The molecule has 0 bridgehead atoms. The second-order valence-electron chi connectivity index (χ2n) is 5.25. The van der Waals surface area contributed by atoms with Crippen molar-refractivity contribution in [3.05, 3.63) is 23.7 Å². The first kappa shape index (κ1) is 16.0. The summed E-state index contributed by atoms with van der Waals surface area (Å²) < 4.78 is 33.7. The Kier molecular flexibility index (Phi) is 4.70. The van der Waals surface area contributed by atoms with Gasteiger partial charge in [0.2, 0.25) is 0 Å². The fourth-order valence-corrected chi connectivity index (χ4v) is 4.07. The van der Waals surface area contributed by atoms with Crippen LogP contribution in [0.5, 0.6) is 0 Å². The zero-order valence-corrected chi connectivity index (χ0v) is 12.9. The van der Waals surface area contributed by atoms with E-state index in [0.29, 0.717) is 24.4 Å². The molecule has 1 fully saturated rings. The van der Waals surface area contributed by atoms with Gasteiger partial charge in [0.1, 0.15) is 17.6 Å². The molecule has 1 aromatic heterocycles. The van der Waals surface area contributed by atoms with E-state index in [1.54, 1.807) is 26.0 Å². The van der Waals surface area contributed by atoms with Gasteiger partial charge in [0, 0.05) is 6.54 Å². The second-order valence-corrected chi connectivity index (χ2v) is 6.91. The number of piperidine rings is 1. The smallest absolute Gasteiger partial charge is 0.322 e. The van der Waals surface area contributed by atoms with Crippen molar-refractivity contribution >= 4 is 16.2 Å². The first-order valence-electron chi connectivity index (χ1n) is 6.89. The van der Waals surface area contributed by atoms with Gasteiger partial charge in [0.15, 0.2) is 0 Å². The molecule has 21 heavy (non-hydrogen) atoms. The SMILES string of the molecule is Cc1ccc(C(C)NS(=O)(=O)N2CCCCC2C(=O)O)o1. The molecule has 0 amide bonds. The second kappa shape index (κ2) is 6.17. The Morgan fingerprint density at radius 3 is 2.76 bits per heavy atom. The summed E-state index contributed by atoms with van der Waals surface area (Å²) in [6.45, 7) is 3.65. The number of aliphatic carboxylic acids is 1. The lowest BCUT2D eigenvalue weighted by Gasteiger charge is -2.32. The van der Waals surface area contributed by atoms with Crippen molar-refractivity contribution in [2.24, 2.45) is 0 Å². The number of furan rings is 1. The molecule has 8 heteroatoms. The van der Waals surface area contributed by atoms with Crippen LogP contribution >= 0.6 is 0 Å². The summed E-state index contributed by atoms with van der Waals surface area (Å²) in [5, 5.41) is 9.17. The van der Waals surface area contributed by atoms with Gasteiger partial charge in [-0.25, -0.2) is 0 Å². The largest absolute Gasteiger partial charge is 0.480 e. The van der Waals surface area contributed by atoms with Crippen molar-refractivity contribution in [3.8, 4) is 0 Å². The molecule has 0 saturated carbocycles. The summed E-state index contributed by atoms with van der Waals surface area (Å²) in [6.07, 6.45) is 1.72. The Labute approximate surface area is 124 Å². The predicted octanol–water partition coefficient (Wildman–Crippen LogP) is 1.42. The average Bonchev–Trinajstić information content (AvgIpc) is 2.85. The highest BCUT2D eigenvalue weighted by atomic mass is 32.2. The first-order chi connectivity index (χ1) is 9.81. The lowest BCUT2D eigenvalue weighted by molar-refractivity contribution is -0.142. The van der Waals surface area contributed by atoms with E-state index < -0.39 is 28.3 Å². The third-order valence-corrected chi connectivity index (χ3v) is 5.27. The van der Waals surface area contributed by atoms with Gasteiger partial charge in [-0.1, -0.05) is 0 Å². The van der Waals surface area contributed by atoms with Crippen LogP contribution in [0.3, 0.4) is 0 Å². The fourth-order valence-electron chi connectivity index (χ4n) is 2.47.